The predicted octanol–water partition coefficient (Wildman–Crippen LogP) is 4.58. The lowest BCUT2D eigenvalue weighted by Gasteiger charge is -2.15. The first-order valence-electron chi connectivity index (χ1n) is 5.84. The summed E-state index contributed by atoms with van der Waals surface area (Å²) in [4.78, 5) is 0. The minimum absolute atomic E-state index is 0.202. The van der Waals surface area contributed by atoms with Gasteiger partial charge in [0.1, 0.15) is 12.4 Å². The highest BCUT2D eigenvalue weighted by atomic mass is 35.5. The Bertz CT molecular complexity index is 508. The maximum absolute atomic E-state index is 6.51. The molecule has 2 rings (SSSR count). The van der Waals surface area contributed by atoms with Crippen LogP contribution in [-0.4, -0.2) is 6.61 Å². The van der Waals surface area contributed by atoms with Gasteiger partial charge in [-0.15, -0.1) is 11.6 Å². The molecule has 1 unspecified atom stereocenters. The number of alkyl halides is 1. The molecule has 0 saturated heterocycles. The number of para-hydroxylation sites is 1. The van der Waals surface area contributed by atoms with E-state index in [1.54, 1.807) is 6.08 Å². The van der Waals surface area contributed by atoms with E-state index < -0.39 is 0 Å². The molecule has 0 aromatic heterocycles. The van der Waals surface area contributed by atoms with Crippen molar-refractivity contribution in [2.75, 3.05) is 6.61 Å². The first kappa shape index (κ1) is 12.7. The average molecular weight is 259 g/mol. The Balaban J connectivity index is 2.29. The second-order valence-corrected chi connectivity index (χ2v) is 4.35. The van der Waals surface area contributed by atoms with Crippen molar-refractivity contribution in [1.29, 1.82) is 0 Å². The van der Waals surface area contributed by atoms with Crippen LogP contribution < -0.4 is 4.74 Å². The predicted molar refractivity (Wildman–Crippen MR) is 76.3 cm³/mol. The highest BCUT2D eigenvalue weighted by Crippen LogP contribution is 2.34. The standard InChI is InChI=1S/C16H15ClO/c1-2-12-18-15-11-7-6-10-14(15)16(17)13-8-4-3-5-9-13/h2-11,16H,1,12H2. The Morgan fingerprint density at radius 2 is 1.72 bits per heavy atom. The minimum atomic E-state index is -0.202. The molecule has 0 amide bonds. The minimum Gasteiger partial charge on any atom is -0.489 e. The van der Waals surface area contributed by atoms with Crippen LogP contribution in [0.3, 0.4) is 0 Å². The largest absolute Gasteiger partial charge is 0.489 e. The molecule has 2 aromatic carbocycles. The molecule has 1 atom stereocenters. The van der Waals surface area contributed by atoms with Crippen molar-refractivity contribution in [2.24, 2.45) is 0 Å². The fraction of sp³-hybridized carbons (Fsp3) is 0.125. The number of hydrogen-bond acceptors (Lipinski definition) is 1. The summed E-state index contributed by atoms with van der Waals surface area (Å²) in [5.74, 6) is 0.807. The van der Waals surface area contributed by atoms with Gasteiger partial charge >= 0.3 is 0 Å². The maximum atomic E-state index is 6.51. The number of hydrogen-bond donors (Lipinski definition) is 0. The van der Waals surface area contributed by atoms with Crippen molar-refractivity contribution in [3.05, 3.63) is 78.4 Å². The molecular formula is C16H15ClO. The Morgan fingerprint density at radius 1 is 1.06 bits per heavy atom. The van der Waals surface area contributed by atoms with Crippen LogP contribution in [0.4, 0.5) is 0 Å². The number of ether oxygens (including phenoxy) is 1. The van der Waals surface area contributed by atoms with E-state index in [9.17, 15) is 0 Å². The smallest absolute Gasteiger partial charge is 0.124 e. The number of benzene rings is 2. The van der Waals surface area contributed by atoms with Gasteiger partial charge in [-0.25, -0.2) is 0 Å². The van der Waals surface area contributed by atoms with E-state index in [-0.39, 0.29) is 5.38 Å². The molecule has 0 bridgehead atoms. The first-order chi connectivity index (χ1) is 8.83. The lowest BCUT2D eigenvalue weighted by atomic mass is 10.0. The van der Waals surface area contributed by atoms with E-state index in [4.69, 9.17) is 16.3 Å². The number of rotatable bonds is 5. The molecular weight excluding hydrogens is 244 g/mol. The van der Waals surface area contributed by atoms with Crippen LogP contribution in [0.25, 0.3) is 0 Å². The SMILES string of the molecule is C=CCOc1ccccc1C(Cl)c1ccccc1. The van der Waals surface area contributed by atoms with Crippen LogP contribution in [-0.2, 0) is 0 Å². The van der Waals surface area contributed by atoms with Gasteiger partial charge in [0, 0.05) is 5.56 Å². The van der Waals surface area contributed by atoms with E-state index in [1.807, 2.05) is 54.6 Å². The second-order valence-electron chi connectivity index (χ2n) is 3.91. The van der Waals surface area contributed by atoms with Crippen LogP contribution in [0.15, 0.2) is 67.3 Å². The highest BCUT2D eigenvalue weighted by molar-refractivity contribution is 6.22. The first-order valence-corrected chi connectivity index (χ1v) is 6.28. The van der Waals surface area contributed by atoms with E-state index >= 15 is 0 Å². The third-order valence-corrected chi connectivity index (χ3v) is 3.13. The van der Waals surface area contributed by atoms with Gasteiger partial charge in [-0.1, -0.05) is 61.2 Å². The molecule has 0 saturated carbocycles. The Hall–Kier alpha value is -1.73. The van der Waals surface area contributed by atoms with E-state index in [1.165, 1.54) is 0 Å². The molecule has 0 aliphatic rings. The van der Waals surface area contributed by atoms with Gasteiger partial charge < -0.3 is 4.74 Å². The van der Waals surface area contributed by atoms with Crippen LogP contribution in [0.2, 0.25) is 0 Å². The van der Waals surface area contributed by atoms with Crippen molar-refractivity contribution in [1.82, 2.24) is 0 Å². The summed E-state index contributed by atoms with van der Waals surface area (Å²) in [6.45, 7) is 4.13. The summed E-state index contributed by atoms with van der Waals surface area (Å²) in [5.41, 5.74) is 2.04. The van der Waals surface area contributed by atoms with Crippen LogP contribution >= 0.6 is 11.6 Å². The van der Waals surface area contributed by atoms with Gasteiger partial charge in [-0.3, -0.25) is 0 Å². The average Bonchev–Trinajstić information content (AvgIpc) is 2.45. The molecule has 18 heavy (non-hydrogen) atoms. The molecule has 0 aliphatic heterocycles. The zero-order valence-corrected chi connectivity index (χ0v) is 10.8. The molecule has 0 spiro atoms. The fourth-order valence-electron chi connectivity index (χ4n) is 1.77. The summed E-state index contributed by atoms with van der Waals surface area (Å²) in [6.07, 6.45) is 1.72. The van der Waals surface area contributed by atoms with Crippen molar-refractivity contribution in [2.45, 2.75) is 5.38 Å². The molecule has 2 aromatic rings. The second kappa shape index (κ2) is 6.27. The van der Waals surface area contributed by atoms with Gasteiger partial charge in [0.2, 0.25) is 0 Å². The molecule has 92 valence electrons. The molecule has 0 N–H and O–H groups in total. The molecule has 0 aliphatic carbocycles. The molecule has 0 fully saturated rings. The van der Waals surface area contributed by atoms with Gasteiger partial charge in [0.05, 0.1) is 5.38 Å². The van der Waals surface area contributed by atoms with Crippen LogP contribution in [0.5, 0.6) is 5.75 Å². The summed E-state index contributed by atoms with van der Waals surface area (Å²) in [7, 11) is 0. The van der Waals surface area contributed by atoms with Gasteiger partial charge in [-0.2, -0.15) is 0 Å². The monoisotopic (exact) mass is 258 g/mol. The Morgan fingerprint density at radius 3 is 2.44 bits per heavy atom. The Kier molecular flexibility index (Phi) is 4.43. The molecule has 1 nitrogen and oxygen atoms in total. The van der Waals surface area contributed by atoms with E-state index in [0.717, 1.165) is 16.9 Å². The Labute approximate surface area is 113 Å². The summed E-state index contributed by atoms with van der Waals surface area (Å²) in [5, 5.41) is -0.202. The molecule has 0 radical (unpaired) electrons. The normalized spacial score (nSPS) is 11.8. The lowest BCUT2D eigenvalue weighted by Crippen LogP contribution is -2.00. The quantitative estimate of drug-likeness (QED) is 0.563. The van der Waals surface area contributed by atoms with Crippen molar-refractivity contribution < 1.29 is 4.74 Å². The van der Waals surface area contributed by atoms with Crippen molar-refractivity contribution >= 4 is 11.6 Å². The lowest BCUT2D eigenvalue weighted by molar-refractivity contribution is 0.359. The third kappa shape index (κ3) is 2.93. The van der Waals surface area contributed by atoms with E-state index in [0.29, 0.717) is 6.61 Å². The zero-order chi connectivity index (χ0) is 12.8. The van der Waals surface area contributed by atoms with Crippen molar-refractivity contribution in [3.63, 3.8) is 0 Å². The highest BCUT2D eigenvalue weighted by Gasteiger charge is 2.14. The fourth-order valence-corrected chi connectivity index (χ4v) is 2.10. The number of halogens is 1. The van der Waals surface area contributed by atoms with Crippen LogP contribution in [0.1, 0.15) is 16.5 Å². The van der Waals surface area contributed by atoms with Crippen molar-refractivity contribution in [3.8, 4) is 5.75 Å². The maximum Gasteiger partial charge on any atom is 0.124 e. The summed E-state index contributed by atoms with van der Waals surface area (Å²) < 4.78 is 5.63. The molecule has 0 heterocycles. The summed E-state index contributed by atoms with van der Waals surface area (Å²) in [6, 6.07) is 17.8. The summed E-state index contributed by atoms with van der Waals surface area (Å²) >= 11 is 6.51. The zero-order valence-electron chi connectivity index (χ0n) is 10.1. The van der Waals surface area contributed by atoms with Gasteiger partial charge in [-0.05, 0) is 11.6 Å². The van der Waals surface area contributed by atoms with Crippen LogP contribution in [0, 0.1) is 0 Å². The van der Waals surface area contributed by atoms with Gasteiger partial charge in [0.25, 0.3) is 0 Å². The van der Waals surface area contributed by atoms with E-state index in [2.05, 4.69) is 6.58 Å². The molecule has 2 heteroatoms. The third-order valence-electron chi connectivity index (χ3n) is 2.64. The topological polar surface area (TPSA) is 9.23 Å². The van der Waals surface area contributed by atoms with Gasteiger partial charge in [0.15, 0.2) is 0 Å².